The van der Waals surface area contributed by atoms with E-state index < -0.39 is 10.0 Å². The van der Waals surface area contributed by atoms with Gasteiger partial charge in [-0.25, -0.2) is 8.42 Å². The molecule has 2 bridgehead atoms. The fourth-order valence-corrected chi connectivity index (χ4v) is 4.75. The second-order valence-electron chi connectivity index (χ2n) is 6.50. The zero-order valence-corrected chi connectivity index (χ0v) is 12.8. The summed E-state index contributed by atoms with van der Waals surface area (Å²) in [5, 5.41) is 0. The van der Waals surface area contributed by atoms with Crippen molar-refractivity contribution in [2.24, 2.45) is 11.3 Å². The lowest BCUT2D eigenvalue weighted by molar-refractivity contribution is 0.215. The number of nitrogens with zero attached hydrogens (tertiary/aromatic N) is 2. The SMILES string of the molecule is CS(=O)(=O)N(Cc1ccccn1)CC12CCC(CC1)C2. The normalized spacial score (nSPS) is 29.2. The Morgan fingerprint density at radius 2 is 2.10 bits per heavy atom. The van der Waals surface area contributed by atoms with Gasteiger partial charge in [-0.1, -0.05) is 6.07 Å². The monoisotopic (exact) mass is 294 g/mol. The molecule has 0 spiro atoms. The third kappa shape index (κ3) is 2.88. The van der Waals surface area contributed by atoms with Gasteiger partial charge >= 0.3 is 0 Å². The lowest BCUT2D eigenvalue weighted by Crippen LogP contribution is -2.38. The molecule has 0 amide bonds. The van der Waals surface area contributed by atoms with Gasteiger partial charge in [-0.3, -0.25) is 4.98 Å². The van der Waals surface area contributed by atoms with E-state index in [1.54, 1.807) is 10.5 Å². The van der Waals surface area contributed by atoms with Gasteiger partial charge in [0.1, 0.15) is 0 Å². The summed E-state index contributed by atoms with van der Waals surface area (Å²) >= 11 is 0. The minimum Gasteiger partial charge on any atom is -0.260 e. The number of pyridine rings is 1. The molecule has 2 saturated carbocycles. The molecule has 1 aromatic heterocycles. The second-order valence-corrected chi connectivity index (χ2v) is 8.48. The summed E-state index contributed by atoms with van der Waals surface area (Å²) in [4.78, 5) is 4.26. The van der Waals surface area contributed by atoms with E-state index in [4.69, 9.17) is 0 Å². The summed E-state index contributed by atoms with van der Waals surface area (Å²) in [6.45, 7) is 1.06. The first-order valence-corrected chi connectivity index (χ1v) is 9.17. The van der Waals surface area contributed by atoms with Crippen molar-refractivity contribution in [3.05, 3.63) is 30.1 Å². The Hall–Kier alpha value is -0.940. The van der Waals surface area contributed by atoms with Crippen molar-refractivity contribution in [2.75, 3.05) is 12.8 Å². The largest absolute Gasteiger partial charge is 0.260 e. The van der Waals surface area contributed by atoms with E-state index in [0.29, 0.717) is 13.1 Å². The first-order valence-electron chi connectivity index (χ1n) is 7.32. The van der Waals surface area contributed by atoms with Crippen LogP contribution in [-0.4, -0.2) is 30.5 Å². The van der Waals surface area contributed by atoms with Gasteiger partial charge in [0.2, 0.25) is 10.0 Å². The van der Waals surface area contributed by atoms with Crippen LogP contribution < -0.4 is 0 Å². The molecule has 3 rings (SSSR count). The highest BCUT2D eigenvalue weighted by Gasteiger charge is 2.46. The van der Waals surface area contributed by atoms with E-state index in [-0.39, 0.29) is 5.41 Å². The van der Waals surface area contributed by atoms with Crippen molar-refractivity contribution in [3.8, 4) is 0 Å². The van der Waals surface area contributed by atoms with Gasteiger partial charge in [0, 0.05) is 12.7 Å². The summed E-state index contributed by atoms with van der Waals surface area (Å²) in [5.74, 6) is 0.839. The van der Waals surface area contributed by atoms with Gasteiger partial charge in [-0.05, 0) is 55.6 Å². The first-order chi connectivity index (χ1) is 9.47. The van der Waals surface area contributed by atoms with Crippen LogP contribution in [0.5, 0.6) is 0 Å². The number of rotatable bonds is 5. The third-order valence-electron chi connectivity index (χ3n) is 4.93. The van der Waals surface area contributed by atoms with Crippen LogP contribution in [0.25, 0.3) is 0 Å². The molecule has 0 aliphatic heterocycles. The number of aromatic nitrogens is 1. The quantitative estimate of drug-likeness (QED) is 0.838. The number of hydrogen-bond donors (Lipinski definition) is 0. The molecule has 2 aliphatic rings. The molecule has 1 heterocycles. The van der Waals surface area contributed by atoms with Crippen LogP contribution in [0.15, 0.2) is 24.4 Å². The van der Waals surface area contributed by atoms with Gasteiger partial charge in [0.05, 0.1) is 18.5 Å². The van der Waals surface area contributed by atoms with E-state index in [1.165, 1.54) is 38.4 Å². The Labute approximate surface area is 121 Å². The summed E-state index contributed by atoms with van der Waals surface area (Å²) in [6.07, 6.45) is 9.17. The van der Waals surface area contributed by atoms with Crippen LogP contribution in [0, 0.1) is 11.3 Å². The highest BCUT2D eigenvalue weighted by atomic mass is 32.2. The maximum Gasteiger partial charge on any atom is 0.211 e. The average Bonchev–Trinajstić information content (AvgIpc) is 2.98. The first kappa shape index (κ1) is 14.0. The maximum absolute atomic E-state index is 12.1. The lowest BCUT2D eigenvalue weighted by Gasteiger charge is -2.32. The van der Waals surface area contributed by atoms with E-state index >= 15 is 0 Å². The summed E-state index contributed by atoms with van der Waals surface area (Å²) in [7, 11) is -3.19. The van der Waals surface area contributed by atoms with Crippen molar-refractivity contribution in [3.63, 3.8) is 0 Å². The predicted octanol–water partition coefficient (Wildman–Crippen LogP) is 2.42. The van der Waals surface area contributed by atoms with Crippen molar-refractivity contribution >= 4 is 10.0 Å². The molecule has 2 fully saturated rings. The van der Waals surface area contributed by atoms with Crippen molar-refractivity contribution in [1.29, 1.82) is 0 Å². The molecule has 4 nitrogen and oxygen atoms in total. The minimum atomic E-state index is -3.19. The maximum atomic E-state index is 12.1. The molecule has 1 aromatic rings. The van der Waals surface area contributed by atoms with Crippen LogP contribution in [-0.2, 0) is 16.6 Å². The minimum absolute atomic E-state index is 0.239. The lowest BCUT2D eigenvalue weighted by atomic mass is 9.84. The van der Waals surface area contributed by atoms with Crippen LogP contribution in [0.1, 0.15) is 37.8 Å². The Balaban J connectivity index is 1.77. The molecule has 20 heavy (non-hydrogen) atoms. The molecule has 0 saturated heterocycles. The molecule has 0 aromatic carbocycles. The van der Waals surface area contributed by atoms with Crippen LogP contribution in [0.2, 0.25) is 0 Å². The van der Waals surface area contributed by atoms with E-state index in [0.717, 1.165) is 11.6 Å². The fourth-order valence-electron chi connectivity index (χ4n) is 3.87. The number of hydrogen-bond acceptors (Lipinski definition) is 3. The fraction of sp³-hybridized carbons (Fsp3) is 0.667. The Bertz CT molecular complexity index is 563. The van der Waals surface area contributed by atoms with E-state index in [1.807, 2.05) is 18.2 Å². The van der Waals surface area contributed by atoms with Gasteiger partial charge in [-0.2, -0.15) is 4.31 Å². The second kappa shape index (κ2) is 5.11. The molecular formula is C15H22N2O2S. The number of fused-ring (bicyclic) bond motifs is 2. The molecule has 110 valence electrons. The zero-order valence-electron chi connectivity index (χ0n) is 12.0. The Morgan fingerprint density at radius 1 is 1.35 bits per heavy atom. The molecule has 0 N–H and O–H groups in total. The highest BCUT2D eigenvalue weighted by Crippen LogP contribution is 2.54. The van der Waals surface area contributed by atoms with Crippen molar-refractivity contribution in [2.45, 2.75) is 38.6 Å². The highest BCUT2D eigenvalue weighted by molar-refractivity contribution is 7.88. The van der Waals surface area contributed by atoms with E-state index in [9.17, 15) is 8.42 Å². The Morgan fingerprint density at radius 3 is 2.60 bits per heavy atom. The summed E-state index contributed by atoms with van der Waals surface area (Å²) in [6, 6.07) is 5.65. The Kier molecular flexibility index (Phi) is 3.58. The van der Waals surface area contributed by atoms with Crippen molar-refractivity contribution < 1.29 is 8.42 Å². The van der Waals surface area contributed by atoms with Crippen LogP contribution in [0.4, 0.5) is 0 Å². The van der Waals surface area contributed by atoms with Gasteiger partial charge in [0.15, 0.2) is 0 Å². The topological polar surface area (TPSA) is 50.3 Å². The third-order valence-corrected chi connectivity index (χ3v) is 6.13. The smallest absolute Gasteiger partial charge is 0.211 e. The van der Waals surface area contributed by atoms with E-state index in [2.05, 4.69) is 4.98 Å². The van der Waals surface area contributed by atoms with Crippen LogP contribution in [0.3, 0.4) is 0 Å². The average molecular weight is 294 g/mol. The predicted molar refractivity (Wildman–Crippen MR) is 78.5 cm³/mol. The van der Waals surface area contributed by atoms with Crippen molar-refractivity contribution in [1.82, 2.24) is 9.29 Å². The molecule has 0 radical (unpaired) electrons. The van der Waals surface area contributed by atoms with Crippen LogP contribution >= 0.6 is 0 Å². The van der Waals surface area contributed by atoms with Gasteiger partial charge in [0.25, 0.3) is 0 Å². The zero-order chi connectivity index (χ0) is 14.2. The van der Waals surface area contributed by atoms with Gasteiger partial charge in [-0.15, -0.1) is 0 Å². The standard InChI is InChI=1S/C15H22N2O2S/c1-20(18,19)17(11-14-4-2-3-9-16-14)12-15-7-5-13(10-15)6-8-15/h2-4,9,13H,5-8,10-12H2,1H3. The molecular weight excluding hydrogens is 272 g/mol. The molecule has 2 aliphatic carbocycles. The summed E-state index contributed by atoms with van der Waals surface area (Å²) in [5.41, 5.74) is 1.06. The molecule has 0 atom stereocenters. The molecule has 5 heteroatoms. The summed E-state index contributed by atoms with van der Waals surface area (Å²) < 4.78 is 25.8. The molecule has 0 unspecified atom stereocenters. The van der Waals surface area contributed by atoms with Gasteiger partial charge < -0.3 is 0 Å². The number of sulfonamides is 1.